The van der Waals surface area contributed by atoms with Crippen LogP contribution in [0.5, 0.6) is 0 Å². The van der Waals surface area contributed by atoms with Gasteiger partial charge in [-0.15, -0.1) is 11.3 Å². The number of sulfonamides is 1. The molecule has 0 bridgehead atoms. The van der Waals surface area contributed by atoms with Crippen molar-refractivity contribution < 1.29 is 13.2 Å². The van der Waals surface area contributed by atoms with Gasteiger partial charge < -0.3 is 5.32 Å². The minimum Gasteiger partial charge on any atom is -0.310 e. The summed E-state index contributed by atoms with van der Waals surface area (Å²) in [5.74, 6) is 0.175. The minimum atomic E-state index is -3.69. The van der Waals surface area contributed by atoms with E-state index in [2.05, 4.69) is 20.0 Å². The maximum atomic E-state index is 12.2. The van der Waals surface area contributed by atoms with Crippen LogP contribution in [0.25, 0.3) is 0 Å². The fourth-order valence-electron chi connectivity index (χ4n) is 2.00. The normalized spacial score (nSPS) is 11.0. The second kappa shape index (κ2) is 7.41. The van der Waals surface area contributed by atoms with Crippen molar-refractivity contribution in [2.24, 2.45) is 0 Å². The molecule has 128 valence electrons. The molecule has 0 saturated carbocycles. The second-order valence-corrected chi connectivity index (χ2v) is 7.54. The van der Waals surface area contributed by atoms with E-state index in [1.807, 2.05) is 0 Å². The van der Waals surface area contributed by atoms with Gasteiger partial charge in [-0.05, 0) is 24.3 Å². The molecule has 2 heterocycles. The first-order valence-electron chi connectivity index (χ1n) is 7.26. The van der Waals surface area contributed by atoms with Crippen LogP contribution in [-0.4, -0.2) is 24.3 Å². The first-order valence-corrected chi connectivity index (χ1v) is 9.62. The molecule has 0 aliphatic rings. The van der Waals surface area contributed by atoms with Crippen molar-refractivity contribution >= 4 is 38.2 Å². The third-order valence-electron chi connectivity index (χ3n) is 3.10. The Balaban J connectivity index is 1.64. The minimum absolute atomic E-state index is 0.0279. The molecule has 9 heteroatoms. The quantitative estimate of drug-likeness (QED) is 0.690. The van der Waals surface area contributed by atoms with Gasteiger partial charge in [0, 0.05) is 11.6 Å². The third-order valence-corrected chi connectivity index (χ3v) is 5.39. The molecule has 0 aliphatic heterocycles. The lowest BCUT2D eigenvalue weighted by Gasteiger charge is -2.04. The molecule has 0 fully saturated rings. The summed E-state index contributed by atoms with van der Waals surface area (Å²) in [6, 6.07) is 13.2. The number of nitrogens with one attached hydrogen (secondary N) is 2. The van der Waals surface area contributed by atoms with E-state index in [9.17, 15) is 13.2 Å². The molecule has 3 rings (SSSR count). The van der Waals surface area contributed by atoms with Crippen LogP contribution in [0.4, 0.5) is 10.9 Å². The maximum absolute atomic E-state index is 12.2. The van der Waals surface area contributed by atoms with Gasteiger partial charge in [0.25, 0.3) is 10.0 Å². The highest BCUT2D eigenvalue weighted by Crippen LogP contribution is 2.20. The summed E-state index contributed by atoms with van der Waals surface area (Å²) in [6.07, 6.45) is 1.61. The van der Waals surface area contributed by atoms with Crippen LogP contribution in [0.2, 0.25) is 0 Å². The second-order valence-electron chi connectivity index (χ2n) is 5.00. The number of rotatable bonds is 6. The average molecular weight is 374 g/mol. The number of pyridine rings is 1. The summed E-state index contributed by atoms with van der Waals surface area (Å²) < 4.78 is 26.9. The summed E-state index contributed by atoms with van der Waals surface area (Å²) in [6.45, 7) is 0. The van der Waals surface area contributed by atoms with Crippen molar-refractivity contribution in [3.05, 3.63) is 65.8 Å². The van der Waals surface area contributed by atoms with Gasteiger partial charge in [0.1, 0.15) is 5.82 Å². The lowest BCUT2D eigenvalue weighted by Crippen LogP contribution is -2.16. The fourth-order valence-corrected chi connectivity index (χ4v) is 3.98. The molecule has 1 aromatic carbocycles. The summed E-state index contributed by atoms with van der Waals surface area (Å²) >= 11 is 1.12. The molecule has 25 heavy (non-hydrogen) atoms. The number of nitrogens with zero attached hydrogens (tertiary/aromatic N) is 2. The maximum Gasteiger partial charge on any atom is 0.263 e. The van der Waals surface area contributed by atoms with Gasteiger partial charge in [-0.25, -0.2) is 18.4 Å². The number of carbonyl (C=O) groups is 1. The lowest BCUT2D eigenvalue weighted by atomic mass is 10.3. The summed E-state index contributed by atoms with van der Waals surface area (Å²) in [7, 11) is -3.69. The largest absolute Gasteiger partial charge is 0.310 e. The zero-order valence-electron chi connectivity index (χ0n) is 12.9. The Kier molecular flexibility index (Phi) is 5.05. The highest BCUT2D eigenvalue weighted by Gasteiger charge is 2.16. The van der Waals surface area contributed by atoms with Crippen LogP contribution in [0.3, 0.4) is 0 Å². The third kappa shape index (κ3) is 4.61. The zero-order chi connectivity index (χ0) is 17.7. The van der Waals surface area contributed by atoms with E-state index in [0.29, 0.717) is 11.5 Å². The first kappa shape index (κ1) is 17.1. The Bertz CT molecular complexity index is 957. The Hall–Kier alpha value is -2.78. The van der Waals surface area contributed by atoms with Crippen LogP contribution in [0.15, 0.2) is 65.0 Å². The molecule has 0 radical (unpaired) electrons. The van der Waals surface area contributed by atoms with Crippen LogP contribution in [0, 0.1) is 0 Å². The van der Waals surface area contributed by atoms with Crippen LogP contribution in [-0.2, 0) is 21.2 Å². The van der Waals surface area contributed by atoms with Crippen LogP contribution < -0.4 is 10.0 Å². The van der Waals surface area contributed by atoms with Gasteiger partial charge in [-0.2, -0.15) is 0 Å². The number of thiazole rings is 1. The number of benzene rings is 1. The van der Waals surface area contributed by atoms with Crippen molar-refractivity contribution in [1.29, 1.82) is 0 Å². The Morgan fingerprint density at radius 3 is 2.56 bits per heavy atom. The highest BCUT2D eigenvalue weighted by molar-refractivity contribution is 7.93. The monoisotopic (exact) mass is 374 g/mol. The lowest BCUT2D eigenvalue weighted by molar-refractivity contribution is -0.115. The van der Waals surface area contributed by atoms with Crippen LogP contribution in [0.1, 0.15) is 5.69 Å². The standard InChI is InChI=1S/C16H14N4O3S2/c21-15(19-14-8-4-5-9-17-14)10-12-11-24-16(18-12)20-25(22,23)13-6-2-1-3-7-13/h1-9,11H,10H2,(H,18,20)(H,17,19,21). The smallest absolute Gasteiger partial charge is 0.263 e. The molecule has 0 spiro atoms. The number of anilines is 2. The van der Waals surface area contributed by atoms with Crippen molar-refractivity contribution in [3.8, 4) is 0 Å². The number of amides is 1. The van der Waals surface area contributed by atoms with E-state index >= 15 is 0 Å². The molecule has 0 saturated heterocycles. The summed E-state index contributed by atoms with van der Waals surface area (Å²) in [5.41, 5.74) is 0.476. The molecule has 3 aromatic rings. The van der Waals surface area contributed by atoms with E-state index in [4.69, 9.17) is 0 Å². The van der Waals surface area contributed by atoms with E-state index in [0.717, 1.165) is 11.3 Å². The molecule has 2 aromatic heterocycles. The first-order chi connectivity index (χ1) is 12.0. The molecule has 0 unspecified atom stereocenters. The average Bonchev–Trinajstić information content (AvgIpc) is 3.02. The van der Waals surface area contributed by atoms with Gasteiger partial charge in [0.05, 0.1) is 17.0 Å². The Morgan fingerprint density at radius 2 is 1.84 bits per heavy atom. The number of aromatic nitrogens is 2. The van der Waals surface area contributed by atoms with Gasteiger partial charge >= 0.3 is 0 Å². The van der Waals surface area contributed by atoms with Gasteiger partial charge in [-0.3, -0.25) is 9.52 Å². The molecule has 0 aliphatic carbocycles. The number of carbonyl (C=O) groups excluding carboxylic acids is 1. The molecule has 2 N–H and O–H groups in total. The Labute approximate surface area is 148 Å². The molecule has 7 nitrogen and oxygen atoms in total. The van der Waals surface area contributed by atoms with Gasteiger partial charge in [0.15, 0.2) is 5.13 Å². The van der Waals surface area contributed by atoms with Crippen LogP contribution >= 0.6 is 11.3 Å². The predicted octanol–water partition coefficient (Wildman–Crippen LogP) is 2.52. The summed E-state index contributed by atoms with van der Waals surface area (Å²) in [4.78, 5) is 20.3. The SMILES string of the molecule is O=C(Cc1csc(NS(=O)(=O)c2ccccc2)n1)Nc1ccccn1. The Morgan fingerprint density at radius 1 is 1.08 bits per heavy atom. The topological polar surface area (TPSA) is 101 Å². The van der Waals surface area contributed by atoms with E-state index in [1.54, 1.807) is 48.0 Å². The number of hydrogen-bond acceptors (Lipinski definition) is 6. The van der Waals surface area contributed by atoms with E-state index in [-0.39, 0.29) is 22.4 Å². The van der Waals surface area contributed by atoms with Crippen molar-refractivity contribution in [3.63, 3.8) is 0 Å². The predicted molar refractivity (Wildman–Crippen MR) is 95.9 cm³/mol. The molecule has 1 amide bonds. The molecule has 0 atom stereocenters. The molecular formula is C16H14N4O3S2. The fraction of sp³-hybridized carbons (Fsp3) is 0.0625. The van der Waals surface area contributed by atoms with Crippen molar-refractivity contribution in [2.75, 3.05) is 10.0 Å². The van der Waals surface area contributed by atoms with Gasteiger partial charge in [0.2, 0.25) is 5.91 Å². The van der Waals surface area contributed by atoms with E-state index < -0.39 is 10.0 Å². The molecular weight excluding hydrogens is 360 g/mol. The van der Waals surface area contributed by atoms with Crippen molar-refractivity contribution in [2.45, 2.75) is 11.3 Å². The zero-order valence-corrected chi connectivity index (χ0v) is 14.5. The van der Waals surface area contributed by atoms with E-state index in [1.165, 1.54) is 12.1 Å². The van der Waals surface area contributed by atoms with Crippen molar-refractivity contribution in [1.82, 2.24) is 9.97 Å². The number of hydrogen-bond donors (Lipinski definition) is 2. The van der Waals surface area contributed by atoms with Gasteiger partial charge in [-0.1, -0.05) is 24.3 Å². The highest BCUT2D eigenvalue weighted by atomic mass is 32.2. The summed E-state index contributed by atoms with van der Waals surface area (Å²) in [5, 5.41) is 4.50.